The topological polar surface area (TPSA) is 80.0 Å². The van der Waals surface area contributed by atoms with E-state index in [9.17, 15) is 9.59 Å². The number of fused-ring (bicyclic) bond motifs is 1. The molecule has 25 heavy (non-hydrogen) atoms. The van der Waals surface area contributed by atoms with E-state index in [1.165, 1.54) is 16.5 Å². The Morgan fingerprint density at radius 3 is 2.80 bits per heavy atom. The van der Waals surface area contributed by atoms with Crippen LogP contribution in [0.15, 0.2) is 34.7 Å². The first-order valence-corrected chi connectivity index (χ1v) is 8.21. The summed E-state index contributed by atoms with van der Waals surface area (Å²) in [6.45, 7) is 2.43. The van der Waals surface area contributed by atoms with Gasteiger partial charge in [-0.05, 0) is 30.5 Å². The minimum absolute atomic E-state index is 0.0763. The Balaban J connectivity index is 1.66. The highest BCUT2D eigenvalue weighted by Gasteiger charge is 2.25. The van der Waals surface area contributed by atoms with E-state index in [0.29, 0.717) is 18.1 Å². The van der Waals surface area contributed by atoms with E-state index in [2.05, 4.69) is 6.07 Å². The van der Waals surface area contributed by atoms with Gasteiger partial charge in [0, 0.05) is 7.05 Å². The van der Waals surface area contributed by atoms with Crippen LogP contribution < -0.4 is 0 Å². The molecule has 0 fully saturated rings. The Morgan fingerprint density at radius 2 is 2.08 bits per heavy atom. The van der Waals surface area contributed by atoms with Crippen LogP contribution in [-0.4, -0.2) is 35.5 Å². The number of amides is 1. The highest BCUT2D eigenvalue weighted by Crippen LogP contribution is 2.30. The van der Waals surface area contributed by atoms with Gasteiger partial charge in [0.1, 0.15) is 17.1 Å². The molecule has 6 heteroatoms. The summed E-state index contributed by atoms with van der Waals surface area (Å²) >= 11 is 0. The van der Waals surface area contributed by atoms with E-state index in [1.54, 1.807) is 14.0 Å². The average Bonchev–Trinajstić information content (AvgIpc) is 2.95. The molecule has 2 aromatic rings. The van der Waals surface area contributed by atoms with Gasteiger partial charge in [-0.1, -0.05) is 24.3 Å². The summed E-state index contributed by atoms with van der Waals surface area (Å²) < 4.78 is 11.2. The first-order chi connectivity index (χ1) is 12.0. The number of ether oxygens (including phenoxy) is 1. The van der Waals surface area contributed by atoms with Crippen molar-refractivity contribution in [2.75, 3.05) is 13.7 Å². The number of aromatic carboxylic acids is 1. The molecule has 0 spiro atoms. The Hall–Kier alpha value is -2.60. The lowest BCUT2D eigenvalue weighted by molar-refractivity contribution is -0.134. The number of benzene rings is 1. The van der Waals surface area contributed by atoms with E-state index in [-0.39, 0.29) is 30.5 Å². The van der Waals surface area contributed by atoms with E-state index in [1.807, 2.05) is 18.2 Å². The third-order valence-electron chi connectivity index (χ3n) is 4.47. The molecular weight excluding hydrogens is 322 g/mol. The van der Waals surface area contributed by atoms with Crippen molar-refractivity contribution in [3.63, 3.8) is 0 Å². The van der Waals surface area contributed by atoms with Crippen molar-refractivity contribution >= 4 is 11.9 Å². The monoisotopic (exact) mass is 343 g/mol. The molecular formula is C19H21NO5. The van der Waals surface area contributed by atoms with Crippen LogP contribution in [0, 0.1) is 6.92 Å². The van der Waals surface area contributed by atoms with Crippen LogP contribution >= 0.6 is 0 Å². The molecule has 1 atom stereocenters. The maximum atomic E-state index is 12.5. The molecule has 1 N–H and O–H groups in total. The second-order valence-electron chi connectivity index (χ2n) is 6.25. The molecule has 3 rings (SSSR count). The van der Waals surface area contributed by atoms with E-state index >= 15 is 0 Å². The molecule has 0 saturated carbocycles. The van der Waals surface area contributed by atoms with Gasteiger partial charge in [-0.15, -0.1) is 0 Å². The van der Waals surface area contributed by atoms with Crippen molar-refractivity contribution < 1.29 is 23.8 Å². The van der Waals surface area contributed by atoms with E-state index in [4.69, 9.17) is 14.3 Å². The summed E-state index contributed by atoms with van der Waals surface area (Å²) in [5.41, 5.74) is 2.42. The summed E-state index contributed by atoms with van der Waals surface area (Å²) in [4.78, 5) is 25.1. The normalized spacial score (nSPS) is 16.3. The third-order valence-corrected chi connectivity index (χ3v) is 4.47. The molecule has 6 nitrogen and oxygen atoms in total. The Morgan fingerprint density at radius 1 is 1.32 bits per heavy atom. The van der Waals surface area contributed by atoms with Gasteiger partial charge in [0.05, 0.1) is 25.7 Å². The predicted molar refractivity (Wildman–Crippen MR) is 90.3 cm³/mol. The van der Waals surface area contributed by atoms with Gasteiger partial charge in [-0.3, -0.25) is 4.79 Å². The molecule has 0 unspecified atom stereocenters. The molecule has 1 aliphatic rings. The molecule has 2 heterocycles. The summed E-state index contributed by atoms with van der Waals surface area (Å²) in [6.07, 6.45) is 0.868. The maximum absolute atomic E-state index is 12.5. The highest BCUT2D eigenvalue weighted by molar-refractivity contribution is 5.88. The molecule has 0 saturated heterocycles. The van der Waals surface area contributed by atoms with Gasteiger partial charge in [0.25, 0.3) is 0 Å². The Bertz CT molecular complexity index is 795. The van der Waals surface area contributed by atoms with Crippen LogP contribution in [-0.2, 0) is 22.5 Å². The number of hydrogen-bond acceptors (Lipinski definition) is 4. The van der Waals surface area contributed by atoms with E-state index in [0.717, 1.165) is 12.0 Å². The van der Waals surface area contributed by atoms with Crippen LogP contribution in [0.2, 0.25) is 0 Å². The fourth-order valence-electron chi connectivity index (χ4n) is 3.12. The molecule has 0 aliphatic carbocycles. The number of furan rings is 1. The van der Waals surface area contributed by atoms with Gasteiger partial charge in [-0.25, -0.2) is 4.79 Å². The van der Waals surface area contributed by atoms with Crippen molar-refractivity contribution in [2.45, 2.75) is 32.4 Å². The van der Waals surface area contributed by atoms with Crippen molar-refractivity contribution in [2.24, 2.45) is 0 Å². The summed E-state index contributed by atoms with van der Waals surface area (Å²) in [6, 6.07) is 9.48. The second kappa shape index (κ2) is 7.11. The molecule has 0 radical (unpaired) electrons. The zero-order chi connectivity index (χ0) is 18.0. The van der Waals surface area contributed by atoms with Gasteiger partial charge in [0.2, 0.25) is 5.91 Å². The predicted octanol–water partition coefficient (Wildman–Crippen LogP) is 2.95. The minimum Gasteiger partial charge on any atom is -0.478 e. The lowest BCUT2D eigenvalue weighted by Gasteiger charge is -2.27. The molecule has 1 aromatic carbocycles. The third kappa shape index (κ3) is 3.74. The van der Waals surface area contributed by atoms with E-state index < -0.39 is 5.97 Å². The Kier molecular flexibility index (Phi) is 4.90. The molecule has 1 aliphatic heterocycles. The number of carboxylic acids is 1. The Labute approximate surface area is 146 Å². The lowest BCUT2D eigenvalue weighted by atomic mass is 9.95. The number of carboxylic acid groups (broad SMARTS) is 1. The molecule has 1 aromatic heterocycles. The number of rotatable bonds is 5. The smallest absolute Gasteiger partial charge is 0.339 e. The summed E-state index contributed by atoms with van der Waals surface area (Å²) in [5.74, 6) is -0.315. The minimum atomic E-state index is -1.03. The average molecular weight is 343 g/mol. The van der Waals surface area contributed by atoms with Gasteiger partial charge in [-0.2, -0.15) is 0 Å². The molecule has 1 amide bonds. The second-order valence-corrected chi connectivity index (χ2v) is 6.25. The fourth-order valence-corrected chi connectivity index (χ4v) is 3.12. The highest BCUT2D eigenvalue weighted by atomic mass is 16.5. The van der Waals surface area contributed by atoms with Crippen molar-refractivity contribution in [1.82, 2.24) is 4.90 Å². The van der Waals surface area contributed by atoms with Crippen LogP contribution in [0.25, 0.3) is 0 Å². The number of carbonyl (C=O) groups is 2. The quantitative estimate of drug-likeness (QED) is 0.903. The number of carbonyl (C=O) groups excluding carboxylic acids is 1. The number of hydrogen-bond donors (Lipinski definition) is 1. The van der Waals surface area contributed by atoms with Crippen LogP contribution in [0.4, 0.5) is 0 Å². The fraction of sp³-hybridized carbons (Fsp3) is 0.368. The van der Waals surface area contributed by atoms with Crippen molar-refractivity contribution in [3.05, 3.63) is 58.5 Å². The van der Waals surface area contributed by atoms with Crippen LogP contribution in [0.1, 0.15) is 45.5 Å². The van der Waals surface area contributed by atoms with Crippen molar-refractivity contribution in [3.8, 4) is 0 Å². The van der Waals surface area contributed by atoms with Gasteiger partial charge in [0.15, 0.2) is 0 Å². The summed E-state index contributed by atoms with van der Waals surface area (Å²) in [5, 5.41) is 9.07. The van der Waals surface area contributed by atoms with Crippen molar-refractivity contribution in [1.29, 1.82) is 0 Å². The zero-order valence-electron chi connectivity index (χ0n) is 14.3. The number of nitrogens with zero attached hydrogens (tertiary/aromatic N) is 1. The van der Waals surface area contributed by atoms with Crippen LogP contribution in [0.3, 0.4) is 0 Å². The largest absolute Gasteiger partial charge is 0.478 e. The van der Waals surface area contributed by atoms with Crippen LogP contribution in [0.5, 0.6) is 0 Å². The molecule has 132 valence electrons. The van der Waals surface area contributed by atoms with Gasteiger partial charge >= 0.3 is 5.97 Å². The zero-order valence-corrected chi connectivity index (χ0v) is 14.3. The standard InChI is InChI=1S/C19H21NO5/c1-12-16(19(22)23)9-14(25-12)11-20(2)18(21)10-17-15-6-4-3-5-13(15)7-8-24-17/h3-6,9,17H,7-8,10-11H2,1-2H3,(H,22,23)/t17-/m0/s1. The lowest BCUT2D eigenvalue weighted by Crippen LogP contribution is -2.29. The van der Waals surface area contributed by atoms with Gasteiger partial charge < -0.3 is 19.2 Å². The number of aryl methyl sites for hydroxylation is 1. The maximum Gasteiger partial charge on any atom is 0.339 e. The first-order valence-electron chi connectivity index (χ1n) is 8.21. The summed E-state index contributed by atoms with van der Waals surface area (Å²) in [7, 11) is 1.68. The first kappa shape index (κ1) is 17.2. The SMILES string of the molecule is Cc1oc(CN(C)C(=O)C[C@@H]2OCCc3ccccc32)cc1C(=O)O. The molecule has 0 bridgehead atoms.